The lowest BCUT2D eigenvalue weighted by Crippen LogP contribution is -2.26. The lowest BCUT2D eigenvalue weighted by molar-refractivity contribution is -0.124. The molecule has 1 aliphatic heterocycles. The van der Waals surface area contributed by atoms with Crippen molar-refractivity contribution in [1.82, 2.24) is 10.2 Å². The van der Waals surface area contributed by atoms with Crippen molar-refractivity contribution in [3.05, 3.63) is 64.2 Å². The third-order valence-electron chi connectivity index (χ3n) is 4.78. The number of nitrogens with one attached hydrogen (secondary N) is 1. The summed E-state index contributed by atoms with van der Waals surface area (Å²) in [7, 11) is 3.10. The molecule has 2 amide bonds. The van der Waals surface area contributed by atoms with Gasteiger partial charge in [-0.15, -0.1) is 0 Å². The molecule has 0 aromatic heterocycles. The number of carbonyl (C=O) groups is 2. The monoisotopic (exact) mass is 368 g/mol. The Hall–Kier alpha value is -2.86. The highest BCUT2D eigenvalue weighted by Gasteiger charge is 2.26. The van der Waals surface area contributed by atoms with Crippen LogP contribution >= 0.6 is 0 Å². The third kappa shape index (κ3) is 4.11. The van der Waals surface area contributed by atoms with E-state index in [1.54, 1.807) is 7.11 Å². The fourth-order valence-electron chi connectivity index (χ4n) is 3.32. The molecule has 0 unspecified atom stereocenters. The van der Waals surface area contributed by atoms with Crippen LogP contribution in [0.3, 0.4) is 0 Å². The molecule has 6 heteroatoms. The van der Waals surface area contributed by atoms with Gasteiger partial charge in [0.25, 0.3) is 5.91 Å². The number of ether oxygens (including phenoxy) is 2. The van der Waals surface area contributed by atoms with Crippen LogP contribution in [-0.4, -0.2) is 37.5 Å². The van der Waals surface area contributed by atoms with Crippen LogP contribution < -0.4 is 10.1 Å². The van der Waals surface area contributed by atoms with E-state index in [0.29, 0.717) is 30.9 Å². The van der Waals surface area contributed by atoms with Gasteiger partial charge in [0.1, 0.15) is 12.4 Å². The molecule has 2 aromatic rings. The minimum absolute atomic E-state index is 0.00227. The van der Waals surface area contributed by atoms with Crippen LogP contribution in [0.25, 0.3) is 0 Å². The van der Waals surface area contributed by atoms with Crippen LogP contribution in [0.5, 0.6) is 5.75 Å². The van der Waals surface area contributed by atoms with Gasteiger partial charge in [-0.1, -0.05) is 24.3 Å². The number of hydrogen-bond donors (Lipinski definition) is 1. The Kier molecular flexibility index (Phi) is 5.76. The second kappa shape index (κ2) is 8.22. The summed E-state index contributed by atoms with van der Waals surface area (Å²) in [5.74, 6) is 0.562. The molecule has 0 bridgehead atoms. The number of hydrogen-bond acceptors (Lipinski definition) is 4. The average molecular weight is 368 g/mol. The van der Waals surface area contributed by atoms with Crippen molar-refractivity contribution in [1.29, 1.82) is 0 Å². The molecule has 6 nitrogen and oxygen atoms in total. The van der Waals surface area contributed by atoms with Crippen molar-refractivity contribution in [3.63, 3.8) is 0 Å². The van der Waals surface area contributed by atoms with E-state index >= 15 is 0 Å². The molecule has 0 aliphatic carbocycles. The quantitative estimate of drug-likeness (QED) is 0.850. The summed E-state index contributed by atoms with van der Waals surface area (Å²) in [6.45, 7) is 3.54. The topological polar surface area (TPSA) is 67.9 Å². The van der Waals surface area contributed by atoms with Crippen molar-refractivity contribution in [2.75, 3.05) is 20.8 Å². The summed E-state index contributed by atoms with van der Waals surface area (Å²) >= 11 is 0. The Morgan fingerprint density at radius 3 is 2.63 bits per heavy atom. The van der Waals surface area contributed by atoms with E-state index in [9.17, 15) is 9.59 Å². The van der Waals surface area contributed by atoms with Gasteiger partial charge in [-0.3, -0.25) is 9.59 Å². The first-order valence-electron chi connectivity index (χ1n) is 8.82. The molecule has 0 atom stereocenters. The highest BCUT2D eigenvalue weighted by atomic mass is 16.5. The van der Waals surface area contributed by atoms with E-state index in [-0.39, 0.29) is 18.4 Å². The molecule has 0 saturated heterocycles. The molecule has 0 radical (unpaired) electrons. The first kappa shape index (κ1) is 18.9. The molecule has 2 aromatic carbocycles. The molecule has 1 aliphatic rings. The first-order valence-corrected chi connectivity index (χ1v) is 8.82. The van der Waals surface area contributed by atoms with Gasteiger partial charge in [0.2, 0.25) is 5.91 Å². The fourth-order valence-corrected chi connectivity index (χ4v) is 3.32. The van der Waals surface area contributed by atoms with Crippen LogP contribution in [0.4, 0.5) is 0 Å². The Labute approximate surface area is 159 Å². The van der Waals surface area contributed by atoms with Crippen LogP contribution in [0.2, 0.25) is 0 Å². The smallest absolute Gasteiger partial charge is 0.254 e. The summed E-state index contributed by atoms with van der Waals surface area (Å²) < 4.78 is 10.1. The van der Waals surface area contributed by atoms with Crippen LogP contribution in [0.1, 0.15) is 32.6 Å². The molecule has 3 rings (SSSR count). The third-order valence-corrected chi connectivity index (χ3v) is 4.78. The number of nitrogens with zero attached hydrogens (tertiary/aromatic N) is 1. The molecular formula is C21H24N2O4. The molecule has 0 fully saturated rings. The minimum atomic E-state index is -0.150. The van der Waals surface area contributed by atoms with E-state index in [2.05, 4.69) is 5.32 Å². The maximum atomic E-state index is 13.0. The van der Waals surface area contributed by atoms with E-state index in [1.807, 2.05) is 48.2 Å². The van der Waals surface area contributed by atoms with E-state index in [1.165, 1.54) is 7.11 Å². The number of carbonyl (C=O) groups excluding carboxylic acids is 2. The SMILES string of the molecule is COCC(=O)NCc1ccc2c(c1)CN(C(=O)c1cccc(OC)c1C)C2. The lowest BCUT2D eigenvalue weighted by Gasteiger charge is -2.18. The predicted molar refractivity (Wildman–Crippen MR) is 101 cm³/mol. The van der Waals surface area contributed by atoms with Gasteiger partial charge in [0.15, 0.2) is 0 Å². The zero-order valence-corrected chi connectivity index (χ0v) is 15.9. The summed E-state index contributed by atoms with van der Waals surface area (Å²) in [6.07, 6.45) is 0. The largest absolute Gasteiger partial charge is 0.496 e. The van der Waals surface area contributed by atoms with Gasteiger partial charge in [-0.05, 0) is 35.7 Å². The number of rotatable bonds is 6. The van der Waals surface area contributed by atoms with Gasteiger partial charge < -0.3 is 19.7 Å². The van der Waals surface area contributed by atoms with Crippen LogP contribution in [0.15, 0.2) is 36.4 Å². The summed E-state index contributed by atoms with van der Waals surface area (Å²) in [4.78, 5) is 26.3. The van der Waals surface area contributed by atoms with Crippen molar-refractivity contribution in [2.24, 2.45) is 0 Å². The Bertz CT molecular complexity index is 863. The van der Waals surface area contributed by atoms with Crippen molar-refractivity contribution >= 4 is 11.8 Å². The minimum Gasteiger partial charge on any atom is -0.496 e. The normalized spacial score (nSPS) is 12.6. The lowest BCUT2D eigenvalue weighted by atomic mass is 10.1. The molecule has 0 saturated carbocycles. The number of methoxy groups -OCH3 is 2. The van der Waals surface area contributed by atoms with Gasteiger partial charge in [-0.2, -0.15) is 0 Å². The Morgan fingerprint density at radius 2 is 1.89 bits per heavy atom. The number of benzene rings is 2. The number of fused-ring (bicyclic) bond motifs is 1. The summed E-state index contributed by atoms with van der Waals surface area (Å²) in [5.41, 5.74) is 4.76. The zero-order chi connectivity index (χ0) is 19.4. The molecule has 27 heavy (non-hydrogen) atoms. The predicted octanol–water partition coefficient (Wildman–Crippen LogP) is 2.42. The average Bonchev–Trinajstić information content (AvgIpc) is 3.09. The molecular weight excluding hydrogens is 344 g/mol. The van der Waals surface area contributed by atoms with E-state index in [4.69, 9.17) is 9.47 Å². The van der Waals surface area contributed by atoms with Crippen molar-refractivity contribution in [2.45, 2.75) is 26.6 Å². The Morgan fingerprint density at radius 1 is 1.11 bits per heavy atom. The molecule has 0 spiro atoms. The van der Waals surface area contributed by atoms with Gasteiger partial charge in [0.05, 0.1) is 7.11 Å². The Balaban J connectivity index is 1.70. The highest BCUT2D eigenvalue weighted by Crippen LogP contribution is 2.28. The summed E-state index contributed by atoms with van der Waals surface area (Å²) in [6, 6.07) is 11.6. The fraction of sp³-hybridized carbons (Fsp3) is 0.333. The molecule has 142 valence electrons. The maximum absolute atomic E-state index is 13.0. The van der Waals surface area contributed by atoms with E-state index in [0.717, 1.165) is 22.3 Å². The second-order valence-corrected chi connectivity index (χ2v) is 6.61. The van der Waals surface area contributed by atoms with E-state index < -0.39 is 0 Å². The van der Waals surface area contributed by atoms with Gasteiger partial charge >= 0.3 is 0 Å². The van der Waals surface area contributed by atoms with Gasteiger partial charge in [0, 0.05) is 37.9 Å². The first-order chi connectivity index (χ1) is 13.0. The second-order valence-electron chi connectivity index (χ2n) is 6.61. The standard InChI is InChI=1S/C21H24N2O4/c1-14-18(5-4-6-19(14)27-3)21(25)23-11-16-8-7-15(9-17(16)12-23)10-22-20(24)13-26-2/h4-9H,10-13H2,1-3H3,(H,22,24). The van der Waals surface area contributed by atoms with Crippen LogP contribution in [0, 0.1) is 6.92 Å². The van der Waals surface area contributed by atoms with Crippen molar-refractivity contribution in [3.8, 4) is 5.75 Å². The van der Waals surface area contributed by atoms with Gasteiger partial charge in [-0.25, -0.2) is 0 Å². The van der Waals surface area contributed by atoms with Crippen molar-refractivity contribution < 1.29 is 19.1 Å². The summed E-state index contributed by atoms with van der Waals surface area (Å²) in [5, 5.41) is 2.81. The molecule has 1 N–H and O–H groups in total. The molecule has 1 heterocycles. The number of amides is 2. The maximum Gasteiger partial charge on any atom is 0.254 e. The highest BCUT2D eigenvalue weighted by molar-refractivity contribution is 5.96. The van der Waals surface area contributed by atoms with Crippen LogP contribution in [-0.2, 0) is 29.2 Å². The zero-order valence-electron chi connectivity index (χ0n) is 15.9.